The molecule has 0 radical (unpaired) electrons. The molecule has 4 heteroatoms. The maximum atomic E-state index is 12.7. The number of carbonyl (C=O) groups excluding carboxylic acids is 2. The minimum absolute atomic E-state index is 0.0181. The Morgan fingerprint density at radius 1 is 0.800 bits per heavy atom. The molecule has 2 aromatic carbocycles. The average molecular weight is 338 g/mol. The van der Waals surface area contributed by atoms with Gasteiger partial charge in [0, 0.05) is 28.9 Å². The lowest BCUT2D eigenvalue weighted by Gasteiger charge is -2.30. The van der Waals surface area contributed by atoms with Gasteiger partial charge in [-0.2, -0.15) is 0 Å². The Labute approximate surface area is 149 Å². The number of hydrogen-bond acceptors (Lipinski definition) is 2. The summed E-state index contributed by atoms with van der Waals surface area (Å²) >= 11 is 0. The fourth-order valence-electron chi connectivity index (χ4n) is 2.82. The van der Waals surface area contributed by atoms with E-state index in [-0.39, 0.29) is 23.9 Å². The Morgan fingerprint density at radius 2 is 1.28 bits per heavy atom. The lowest BCUT2D eigenvalue weighted by Crippen LogP contribution is -2.42. The van der Waals surface area contributed by atoms with Crippen LogP contribution >= 0.6 is 0 Å². The predicted octanol–water partition coefficient (Wildman–Crippen LogP) is 4.51. The van der Waals surface area contributed by atoms with Gasteiger partial charge in [0.2, 0.25) is 0 Å². The highest BCUT2D eigenvalue weighted by Gasteiger charge is 2.21. The molecule has 0 heterocycles. The van der Waals surface area contributed by atoms with E-state index in [1.165, 1.54) is 0 Å². The molecule has 0 saturated carbocycles. The van der Waals surface area contributed by atoms with Crippen LogP contribution in [0.1, 0.15) is 54.0 Å². The van der Waals surface area contributed by atoms with E-state index in [1.54, 1.807) is 24.3 Å². The molecule has 0 saturated heterocycles. The minimum Gasteiger partial charge on any atom is -0.334 e. The van der Waals surface area contributed by atoms with Crippen LogP contribution in [-0.2, 0) is 0 Å². The second-order valence-electron chi connectivity index (χ2n) is 6.80. The highest BCUT2D eigenvalue weighted by Crippen LogP contribution is 2.15. The van der Waals surface area contributed by atoms with Gasteiger partial charge in [-0.05, 0) is 71.0 Å². The van der Waals surface area contributed by atoms with E-state index < -0.39 is 0 Å². The van der Waals surface area contributed by atoms with Crippen LogP contribution in [0, 0.1) is 6.92 Å². The lowest BCUT2D eigenvalue weighted by atomic mass is 10.1. The molecule has 25 heavy (non-hydrogen) atoms. The van der Waals surface area contributed by atoms with Crippen molar-refractivity contribution in [1.82, 2.24) is 4.90 Å². The van der Waals surface area contributed by atoms with E-state index in [1.807, 2.05) is 63.8 Å². The van der Waals surface area contributed by atoms with Crippen LogP contribution in [0.5, 0.6) is 0 Å². The number of carbonyl (C=O) groups is 2. The Kier molecular flexibility index (Phi) is 5.97. The Morgan fingerprint density at radius 3 is 1.76 bits per heavy atom. The van der Waals surface area contributed by atoms with E-state index in [9.17, 15) is 9.59 Å². The highest BCUT2D eigenvalue weighted by molar-refractivity contribution is 6.05. The van der Waals surface area contributed by atoms with Gasteiger partial charge in [-0.15, -0.1) is 0 Å². The van der Waals surface area contributed by atoms with Crippen LogP contribution in [-0.4, -0.2) is 28.8 Å². The summed E-state index contributed by atoms with van der Waals surface area (Å²) in [5, 5.41) is 2.86. The van der Waals surface area contributed by atoms with Crippen molar-refractivity contribution in [2.24, 2.45) is 0 Å². The van der Waals surface area contributed by atoms with Crippen molar-refractivity contribution >= 4 is 17.5 Å². The predicted molar refractivity (Wildman–Crippen MR) is 102 cm³/mol. The number of rotatable bonds is 5. The van der Waals surface area contributed by atoms with Crippen LogP contribution in [0.3, 0.4) is 0 Å². The molecule has 0 fully saturated rings. The zero-order valence-electron chi connectivity index (χ0n) is 15.5. The number of nitrogens with one attached hydrogen (secondary N) is 1. The lowest BCUT2D eigenvalue weighted by molar-refractivity contribution is 0.0643. The molecule has 0 aliphatic rings. The Hall–Kier alpha value is -2.62. The normalized spacial score (nSPS) is 10.8. The average Bonchev–Trinajstić information content (AvgIpc) is 2.56. The van der Waals surface area contributed by atoms with E-state index in [0.29, 0.717) is 11.1 Å². The number of amides is 2. The fraction of sp³-hybridized carbons (Fsp3) is 0.333. The molecule has 132 valence electrons. The molecular formula is C21H26N2O2. The standard InChI is InChI=1S/C21H26N2O2/c1-14(2)23(15(3)4)21(25)18-10-8-17(9-11-18)20(24)22-19-12-6-16(5)7-13-19/h6-15H,1-5H3,(H,22,24). The van der Waals surface area contributed by atoms with Gasteiger partial charge in [0.25, 0.3) is 11.8 Å². The topological polar surface area (TPSA) is 49.4 Å². The van der Waals surface area contributed by atoms with Crippen LogP contribution in [0.2, 0.25) is 0 Å². The quantitative estimate of drug-likeness (QED) is 0.872. The third-order valence-electron chi connectivity index (χ3n) is 4.05. The molecule has 0 aromatic heterocycles. The number of hydrogen-bond donors (Lipinski definition) is 1. The maximum Gasteiger partial charge on any atom is 0.255 e. The third-order valence-corrected chi connectivity index (χ3v) is 4.05. The molecule has 0 atom stereocenters. The van der Waals surface area contributed by atoms with Crippen molar-refractivity contribution in [3.8, 4) is 0 Å². The van der Waals surface area contributed by atoms with Gasteiger partial charge in [0.1, 0.15) is 0 Å². The summed E-state index contributed by atoms with van der Waals surface area (Å²) in [5.74, 6) is -0.206. The summed E-state index contributed by atoms with van der Waals surface area (Å²) in [5.41, 5.74) is 3.01. The summed E-state index contributed by atoms with van der Waals surface area (Å²) in [4.78, 5) is 26.8. The molecule has 2 aromatic rings. The van der Waals surface area contributed by atoms with E-state index in [4.69, 9.17) is 0 Å². The molecule has 0 aliphatic heterocycles. The van der Waals surface area contributed by atoms with Gasteiger partial charge in [-0.3, -0.25) is 9.59 Å². The van der Waals surface area contributed by atoms with E-state index >= 15 is 0 Å². The number of anilines is 1. The third kappa shape index (κ3) is 4.69. The zero-order valence-corrected chi connectivity index (χ0v) is 15.5. The second kappa shape index (κ2) is 7.97. The molecular weight excluding hydrogens is 312 g/mol. The summed E-state index contributed by atoms with van der Waals surface area (Å²) in [6.45, 7) is 10.0. The first kappa shape index (κ1) is 18.7. The Bertz CT molecular complexity index is 723. The van der Waals surface area contributed by atoms with Gasteiger partial charge in [-0.1, -0.05) is 17.7 Å². The van der Waals surface area contributed by atoms with Gasteiger partial charge >= 0.3 is 0 Å². The van der Waals surface area contributed by atoms with E-state index in [2.05, 4.69) is 5.32 Å². The Balaban J connectivity index is 2.12. The molecule has 0 bridgehead atoms. The van der Waals surface area contributed by atoms with Crippen LogP contribution in [0.4, 0.5) is 5.69 Å². The molecule has 0 spiro atoms. The van der Waals surface area contributed by atoms with Gasteiger partial charge < -0.3 is 10.2 Å². The van der Waals surface area contributed by atoms with Crippen LogP contribution < -0.4 is 5.32 Å². The maximum absolute atomic E-state index is 12.7. The zero-order chi connectivity index (χ0) is 18.6. The molecule has 2 amide bonds. The highest BCUT2D eigenvalue weighted by atomic mass is 16.2. The fourth-order valence-corrected chi connectivity index (χ4v) is 2.82. The first-order valence-electron chi connectivity index (χ1n) is 8.60. The number of benzene rings is 2. The van der Waals surface area contributed by atoms with Gasteiger partial charge in [0.15, 0.2) is 0 Å². The van der Waals surface area contributed by atoms with Crippen molar-refractivity contribution in [3.05, 3.63) is 65.2 Å². The summed E-state index contributed by atoms with van der Waals surface area (Å²) in [7, 11) is 0. The number of nitrogens with zero attached hydrogens (tertiary/aromatic N) is 1. The van der Waals surface area contributed by atoms with Gasteiger partial charge in [0.05, 0.1) is 0 Å². The molecule has 2 rings (SSSR count). The molecule has 0 aliphatic carbocycles. The molecule has 1 N–H and O–H groups in total. The molecule has 4 nitrogen and oxygen atoms in total. The largest absolute Gasteiger partial charge is 0.334 e. The van der Waals surface area contributed by atoms with Crippen molar-refractivity contribution in [3.63, 3.8) is 0 Å². The van der Waals surface area contributed by atoms with Crippen LogP contribution in [0.15, 0.2) is 48.5 Å². The van der Waals surface area contributed by atoms with Crippen molar-refractivity contribution in [2.45, 2.75) is 46.7 Å². The molecule has 0 unspecified atom stereocenters. The summed E-state index contributed by atoms with van der Waals surface area (Å²) in [6, 6.07) is 14.7. The monoisotopic (exact) mass is 338 g/mol. The second-order valence-corrected chi connectivity index (χ2v) is 6.80. The van der Waals surface area contributed by atoms with E-state index in [0.717, 1.165) is 11.3 Å². The SMILES string of the molecule is Cc1ccc(NC(=O)c2ccc(C(=O)N(C(C)C)C(C)C)cc2)cc1. The summed E-state index contributed by atoms with van der Waals surface area (Å²) in [6.07, 6.45) is 0. The van der Waals surface area contributed by atoms with Crippen molar-refractivity contribution in [1.29, 1.82) is 0 Å². The van der Waals surface area contributed by atoms with Crippen LogP contribution in [0.25, 0.3) is 0 Å². The minimum atomic E-state index is -0.188. The van der Waals surface area contributed by atoms with Crippen molar-refractivity contribution < 1.29 is 9.59 Å². The van der Waals surface area contributed by atoms with Gasteiger partial charge in [-0.25, -0.2) is 0 Å². The summed E-state index contributed by atoms with van der Waals surface area (Å²) < 4.78 is 0. The number of aryl methyl sites for hydroxylation is 1. The first-order chi connectivity index (χ1) is 11.8. The smallest absolute Gasteiger partial charge is 0.255 e. The van der Waals surface area contributed by atoms with Crippen molar-refractivity contribution in [2.75, 3.05) is 5.32 Å². The first-order valence-corrected chi connectivity index (χ1v) is 8.60.